The van der Waals surface area contributed by atoms with E-state index in [-0.39, 0.29) is 17.1 Å². The average Bonchev–Trinajstić information content (AvgIpc) is 2.79. The van der Waals surface area contributed by atoms with Crippen LogP contribution in [0.5, 0.6) is 0 Å². The molecule has 1 unspecified atom stereocenters. The van der Waals surface area contributed by atoms with E-state index in [1.807, 2.05) is 6.92 Å². The lowest BCUT2D eigenvalue weighted by atomic mass is 10.3. The molecule has 0 spiro atoms. The number of rotatable bonds is 4. The van der Waals surface area contributed by atoms with E-state index >= 15 is 0 Å². The van der Waals surface area contributed by atoms with E-state index in [1.165, 1.54) is 18.9 Å². The van der Waals surface area contributed by atoms with Crippen LogP contribution in [0.25, 0.3) is 0 Å². The monoisotopic (exact) mass is 285 g/mol. The third kappa shape index (κ3) is 3.00. The third-order valence-corrected chi connectivity index (χ3v) is 5.82. The van der Waals surface area contributed by atoms with E-state index in [0.29, 0.717) is 0 Å². The highest BCUT2D eigenvalue weighted by Crippen LogP contribution is 2.23. The van der Waals surface area contributed by atoms with Crippen molar-refractivity contribution in [2.24, 2.45) is 0 Å². The van der Waals surface area contributed by atoms with Gasteiger partial charge < -0.3 is 9.47 Å². The molecular formula is C11H19N3O4Si. The zero-order chi connectivity index (χ0) is 14.8. The number of aromatic nitrogens is 3. The van der Waals surface area contributed by atoms with Crippen molar-refractivity contribution in [2.75, 3.05) is 14.2 Å². The van der Waals surface area contributed by atoms with Crippen molar-refractivity contribution < 1.29 is 19.1 Å². The molecule has 0 fully saturated rings. The van der Waals surface area contributed by atoms with E-state index in [1.54, 1.807) is 0 Å². The minimum absolute atomic E-state index is 0.00694. The van der Waals surface area contributed by atoms with Crippen LogP contribution in [0.15, 0.2) is 0 Å². The Balaban J connectivity index is 3.38. The first-order chi connectivity index (χ1) is 8.73. The Kier molecular flexibility index (Phi) is 4.46. The van der Waals surface area contributed by atoms with Gasteiger partial charge in [-0.15, -0.1) is 5.10 Å². The summed E-state index contributed by atoms with van der Waals surface area (Å²) in [6.07, 6.45) is 0. The van der Waals surface area contributed by atoms with Gasteiger partial charge >= 0.3 is 11.9 Å². The first kappa shape index (κ1) is 15.4. The molecule has 0 aromatic carbocycles. The van der Waals surface area contributed by atoms with Crippen molar-refractivity contribution in [3.63, 3.8) is 0 Å². The van der Waals surface area contributed by atoms with E-state index in [2.05, 4.69) is 34.7 Å². The average molecular weight is 285 g/mol. The molecule has 7 nitrogen and oxygen atoms in total. The standard InChI is InChI=1S/C11H19N3O4Si/c1-7(19(4,5)6)14-9(11(16)18-3)8(12-13-14)10(15)17-2/h7H,1-6H3. The number of ether oxygens (including phenoxy) is 2. The van der Waals surface area contributed by atoms with Gasteiger partial charge in [0.05, 0.1) is 22.3 Å². The predicted molar refractivity (Wildman–Crippen MR) is 70.8 cm³/mol. The first-order valence-corrected chi connectivity index (χ1v) is 9.43. The van der Waals surface area contributed by atoms with Crippen molar-refractivity contribution in [1.82, 2.24) is 15.0 Å². The van der Waals surface area contributed by atoms with Crippen LogP contribution < -0.4 is 0 Å². The second-order valence-electron chi connectivity index (χ2n) is 5.26. The molecule has 0 saturated carbocycles. The lowest BCUT2D eigenvalue weighted by Crippen LogP contribution is -2.35. The molecule has 1 aromatic rings. The molecule has 1 heterocycles. The van der Waals surface area contributed by atoms with Gasteiger partial charge in [-0.25, -0.2) is 14.3 Å². The zero-order valence-corrected chi connectivity index (χ0v) is 13.1. The van der Waals surface area contributed by atoms with E-state index < -0.39 is 20.0 Å². The van der Waals surface area contributed by atoms with Gasteiger partial charge in [0.1, 0.15) is 0 Å². The minimum atomic E-state index is -1.62. The number of hydrogen-bond donors (Lipinski definition) is 0. The number of hydrogen-bond acceptors (Lipinski definition) is 6. The highest BCUT2D eigenvalue weighted by molar-refractivity contribution is 6.76. The van der Waals surface area contributed by atoms with Crippen molar-refractivity contribution in [2.45, 2.75) is 32.2 Å². The van der Waals surface area contributed by atoms with Gasteiger partial charge in [-0.3, -0.25) is 0 Å². The van der Waals surface area contributed by atoms with Crippen LogP contribution in [0, 0.1) is 0 Å². The quantitative estimate of drug-likeness (QED) is 0.612. The SMILES string of the molecule is COC(=O)c1nnn(C(C)[Si](C)(C)C)c1C(=O)OC. The van der Waals surface area contributed by atoms with Gasteiger partial charge in [-0.1, -0.05) is 24.9 Å². The maximum absolute atomic E-state index is 11.9. The zero-order valence-electron chi connectivity index (χ0n) is 12.1. The third-order valence-electron chi connectivity index (χ3n) is 3.07. The molecule has 0 aliphatic heterocycles. The van der Waals surface area contributed by atoms with Gasteiger partial charge in [0.25, 0.3) is 0 Å². The van der Waals surface area contributed by atoms with Crippen molar-refractivity contribution in [1.29, 1.82) is 0 Å². The summed E-state index contributed by atoms with van der Waals surface area (Å²) in [6, 6.07) is 0. The molecule has 1 aromatic heterocycles. The number of esters is 2. The maximum atomic E-state index is 11.9. The maximum Gasteiger partial charge on any atom is 0.361 e. The number of nitrogens with zero attached hydrogens (tertiary/aromatic N) is 3. The molecule has 0 amide bonds. The molecule has 0 aliphatic carbocycles. The molecule has 0 radical (unpaired) electrons. The van der Waals surface area contributed by atoms with Crippen molar-refractivity contribution in [3.8, 4) is 0 Å². The Morgan fingerprint density at radius 2 is 1.68 bits per heavy atom. The molecule has 0 N–H and O–H groups in total. The molecule has 106 valence electrons. The minimum Gasteiger partial charge on any atom is -0.464 e. The number of carbonyl (C=O) groups excluding carboxylic acids is 2. The Bertz CT molecular complexity index is 493. The van der Waals surface area contributed by atoms with Crippen molar-refractivity contribution in [3.05, 3.63) is 11.4 Å². The second-order valence-corrected chi connectivity index (χ2v) is 10.8. The largest absolute Gasteiger partial charge is 0.464 e. The smallest absolute Gasteiger partial charge is 0.361 e. The predicted octanol–water partition coefficient (Wildman–Crippen LogP) is 1.29. The molecule has 0 saturated heterocycles. The van der Waals surface area contributed by atoms with E-state index in [9.17, 15) is 9.59 Å². The molecular weight excluding hydrogens is 266 g/mol. The topological polar surface area (TPSA) is 83.3 Å². The van der Waals surface area contributed by atoms with Crippen LogP contribution >= 0.6 is 0 Å². The Morgan fingerprint density at radius 3 is 2.11 bits per heavy atom. The lowest BCUT2D eigenvalue weighted by molar-refractivity contribution is 0.0543. The normalized spacial score (nSPS) is 12.9. The van der Waals surface area contributed by atoms with Crippen LogP contribution in [0.3, 0.4) is 0 Å². The fourth-order valence-corrected chi connectivity index (χ4v) is 2.37. The summed E-state index contributed by atoms with van der Waals surface area (Å²) in [4.78, 5) is 23.5. The fraction of sp³-hybridized carbons (Fsp3) is 0.636. The van der Waals surface area contributed by atoms with Crippen LogP contribution in [-0.2, 0) is 9.47 Å². The molecule has 0 aliphatic rings. The Hall–Kier alpha value is -1.70. The molecule has 1 atom stereocenters. The highest BCUT2D eigenvalue weighted by Gasteiger charge is 2.33. The van der Waals surface area contributed by atoms with Gasteiger partial charge in [0, 0.05) is 5.67 Å². The lowest BCUT2D eigenvalue weighted by Gasteiger charge is -2.25. The molecule has 1 rings (SSSR count). The van der Waals surface area contributed by atoms with Gasteiger partial charge in [0.2, 0.25) is 5.69 Å². The van der Waals surface area contributed by atoms with Crippen molar-refractivity contribution >= 4 is 20.0 Å². The number of methoxy groups -OCH3 is 2. The Labute approximate surface area is 112 Å². The van der Waals surface area contributed by atoms with Crippen LogP contribution in [0.2, 0.25) is 19.6 Å². The van der Waals surface area contributed by atoms with Crippen LogP contribution in [-0.4, -0.2) is 49.2 Å². The van der Waals surface area contributed by atoms with Crippen LogP contribution in [0.4, 0.5) is 0 Å². The first-order valence-electron chi connectivity index (χ1n) is 5.85. The summed E-state index contributed by atoms with van der Waals surface area (Å²) in [7, 11) is 0.854. The molecule has 19 heavy (non-hydrogen) atoms. The van der Waals surface area contributed by atoms with Gasteiger partial charge in [-0.05, 0) is 6.92 Å². The second kappa shape index (κ2) is 5.51. The summed E-state index contributed by atoms with van der Waals surface area (Å²) in [6.45, 7) is 8.36. The number of carbonyl (C=O) groups is 2. The molecule has 0 bridgehead atoms. The Morgan fingerprint density at radius 1 is 1.16 bits per heavy atom. The summed E-state index contributed by atoms with van der Waals surface area (Å²) >= 11 is 0. The van der Waals surface area contributed by atoms with E-state index in [0.717, 1.165) is 0 Å². The van der Waals surface area contributed by atoms with Gasteiger partial charge in [0.15, 0.2) is 5.69 Å². The summed E-state index contributed by atoms with van der Waals surface area (Å²) in [5, 5.41) is 7.67. The molecule has 8 heteroatoms. The summed E-state index contributed by atoms with van der Waals surface area (Å²) in [5.41, 5.74) is -0.0729. The fourth-order valence-electron chi connectivity index (χ4n) is 1.45. The summed E-state index contributed by atoms with van der Waals surface area (Å²) in [5.74, 6) is -1.34. The van der Waals surface area contributed by atoms with E-state index in [4.69, 9.17) is 4.74 Å². The highest BCUT2D eigenvalue weighted by atomic mass is 28.3. The van der Waals surface area contributed by atoms with Crippen LogP contribution in [0.1, 0.15) is 33.6 Å². The summed E-state index contributed by atoms with van der Waals surface area (Å²) < 4.78 is 10.8. The van der Waals surface area contributed by atoms with Gasteiger partial charge in [-0.2, -0.15) is 0 Å².